The van der Waals surface area contributed by atoms with Gasteiger partial charge in [-0.05, 0) is 57.9 Å². The molecule has 25 heteroatoms. The summed E-state index contributed by atoms with van der Waals surface area (Å²) in [6.07, 6.45) is 0.514. The fourth-order valence-electron chi connectivity index (χ4n) is 5.12. The number of primary amides is 1. The Balaban J connectivity index is 6.42. The number of hydrogen-bond acceptors (Lipinski definition) is 13. The van der Waals surface area contributed by atoms with Crippen molar-refractivity contribution < 1.29 is 33.5 Å². The first-order valence-corrected chi connectivity index (χ1v) is 18.6. The fourth-order valence-corrected chi connectivity index (χ4v) is 5.12. The van der Waals surface area contributed by atoms with Crippen molar-refractivity contribution in [3.8, 4) is 0 Å². The van der Waals surface area contributed by atoms with Crippen molar-refractivity contribution in [3.63, 3.8) is 0 Å². The topological polar surface area (TPSA) is 446 Å². The van der Waals surface area contributed by atoms with Crippen molar-refractivity contribution in [2.75, 3.05) is 53.0 Å². The number of carbonyl (C=O) groups is 6. The molecule has 0 aromatic heterocycles. The molecule has 0 bridgehead atoms. The maximum absolute atomic E-state index is 13.9. The van der Waals surface area contributed by atoms with Crippen molar-refractivity contribution >= 4 is 53.3 Å². The van der Waals surface area contributed by atoms with Gasteiger partial charge in [-0.1, -0.05) is 6.92 Å². The van der Waals surface area contributed by atoms with E-state index in [9.17, 15) is 28.8 Å². The number of aliphatic imine (C=N–C) groups is 3. The van der Waals surface area contributed by atoms with E-state index in [1.807, 2.05) is 0 Å². The predicted octanol–water partition coefficient (Wildman–Crippen LogP) is -6.97. The Morgan fingerprint density at radius 3 is 1.40 bits per heavy atom. The molecule has 0 aromatic rings. The summed E-state index contributed by atoms with van der Waals surface area (Å²) in [5, 5.41) is 13.3. The first-order chi connectivity index (χ1) is 26.9. The van der Waals surface area contributed by atoms with E-state index >= 15 is 0 Å². The van der Waals surface area contributed by atoms with Gasteiger partial charge in [0.2, 0.25) is 35.4 Å². The molecule has 23 N–H and O–H groups in total. The maximum Gasteiger partial charge on any atom is 0.243 e. The molecule has 4 atom stereocenters. The van der Waals surface area contributed by atoms with Gasteiger partial charge in [0.15, 0.2) is 17.9 Å². The number of carbonyl (C=O) groups excluding carboxylic acids is 6. The van der Waals surface area contributed by atoms with Gasteiger partial charge in [-0.3, -0.25) is 49.1 Å². The van der Waals surface area contributed by atoms with Crippen LogP contribution in [0.1, 0.15) is 64.7 Å². The second kappa shape index (κ2) is 29.7. The molecule has 0 heterocycles. The quantitative estimate of drug-likeness (QED) is 0.0134. The molecular weight excluding hydrogens is 748 g/mol. The van der Waals surface area contributed by atoms with E-state index in [0.29, 0.717) is 12.8 Å². The van der Waals surface area contributed by atoms with Gasteiger partial charge < -0.3 is 82.5 Å². The lowest BCUT2D eigenvalue weighted by Crippen LogP contribution is -2.58. The van der Waals surface area contributed by atoms with Crippen LogP contribution in [0.4, 0.5) is 0 Å². The highest BCUT2D eigenvalue weighted by Gasteiger charge is 2.31. The third-order valence-corrected chi connectivity index (χ3v) is 8.02. The molecule has 0 aliphatic heterocycles. The van der Waals surface area contributed by atoms with Gasteiger partial charge in [0, 0.05) is 39.7 Å². The van der Waals surface area contributed by atoms with Crippen LogP contribution < -0.4 is 78.2 Å². The summed E-state index contributed by atoms with van der Waals surface area (Å²) in [6.45, 7) is 2.26. The van der Waals surface area contributed by atoms with Gasteiger partial charge in [-0.15, -0.1) is 0 Å². The maximum atomic E-state index is 13.9. The Kier molecular flexibility index (Phi) is 26.8. The summed E-state index contributed by atoms with van der Waals surface area (Å²) in [5.41, 5.74) is 49.2. The number of ether oxygens (including phenoxy) is 1. The zero-order valence-corrected chi connectivity index (χ0v) is 33.0. The van der Waals surface area contributed by atoms with Gasteiger partial charge >= 0.3 is 0 Å². The Morgan fingerprint density at radius 1 is 0.614 bits per heavy atom. The molecule has 0 saturated carbocycles. The van der Waals surface area contributed by atoms with E-state index in [1.54, 1.807) is 6.92 Å². The van der Waals surface area contributed by atoms with Crippen LogP contribution in [0.2, 0.25) is 0 Å². The lowest BCUT2D eigenvalue weighted by atomic mass is 10.0. The minimum absolute atomic E-state index is 0.00849. The van der Waals surface area contributed by atoms with E-state index < -0.39 is 60.0 Å². The molecule has 25 nitrogen and oxygen atoms in total. The number of rotatable bonds is 31. The van der Waals surface area contributed by atoms with Gasteiger partial charge in [0.1, 0.15) is 30.5 Å². The highest BCUT2D eigenvalue weighted by Crippen LogP contribution is 2.08. The molecule has 0 spiro atoms. The monoisotopic (exact) mass is 815 g/mol. The number of hydrogen-bond donors (Lipinski definition) is 14. The third-order valence-electron chi connectivity index (χ3n) is 8.02. The molecule has 0 fully saturated rings. The Labute approximate surface area is 332 Å². The van der Waals surface area contributed by atoms with Crippen molar-refractivity contribution in [3.05, 3.63) is 0 Å². The van der Waals surface area contributed by atoms with E-state index in [4.69, 9.17) is 56.3 Å². The number of nitrogens with one attached hydrogen (secondary N) is 5. The molecule has 0 aliphatic carbocycles. The normalized spacial score (nSPS) is 12.9. The molecule has 4 unspecified atom stereocenters. The van der Waals surface area contributed by atoms with Gasteiger partial charge in [0.25, 0.3) is 0 Å². The van der Waals surface area contributed by atoms with Gasteiger partial charge in [-0.25, -0.2) is 0 Å². The molecular formula is C32H66N18O7. The van der Waals surface area contributed by atoms with Crippen molar-refractivity contribution in [1.82, 2.24) is 31.5 Å². The van der Waals surface area contributed by atoms with Crippen LogP contribution in [-0.2, 0) is 33.5 Å². The molecule has 6 amide bonds. The molecule has 326 valence electrons. The summed E-state index contributed by atoms with van der Waals surface area (Å²) < 4.78 is 5.05. The zero-order valence-electron chi connectivity index (χ0n) is 33.0. The van der Waals surface area contributed by atoms with Crippen molar-refractivity contribution in [2.45, 2.75) is 95.2 Å². The average molecular weight is 815 g/mol. The van der Waals surface area contributed by atoms with Crippen LogP contribution in [0.3, 0.4) is 0 Å². The lowest BCUT2D eigenvalue weighted by Gasteiger charge is -2.27. The standard InChI is InChI=1S/C32H66N18O7/c1-3-24(52)50(16-17-57-2)18-23(51)46-20(9-5-13-43-30(36)37)26(54)48-22(11-7-15-45-32(40)41)28(56)49-21(10-6-14-44-31(38)39)27(55)47-19(25(33)53)8-4-12-42-29(34)35/h19-22,31,44H,3-18,38-39H2,1-2H3,(H2,33,53)(H,46,51)(H,47,55)(H,48,54)(H,49,56)(H4,34,35,42)(H4,36,37,43)(H4,40,41,45). The van der Waals surface area contributed by atoms with Crippen LogP contribution in [-0.4, -0.2) is 142 Å². The van der Waals surface area contributed by atoms with Gasteiger partial charge in [0.05, 0.1) is 13.2 Å². The molecule has 0 radical (unpaired) electrons. The Bertz CT molecular complexity index is 1350. The largest absolute Gasteiger partial charge is 0.383 e. The highest BCUT2D eigenvalue weighted by molar-refractivity contribution is 5.95. The van der Waals surface area contributed by atoms with Gasteiger partial charge in [-0.2, -0.15) is 0 Å². The highest BCUT2D eigenvalue weighted by atomic mass is 16.5. The first-order valence-electron chi connectivity index (χ1n) is 18.6. The van der Waals surface area contributed by atoms with Crippen LogP contribution in [0.25, 0.3) is 0 Å². The lowest BCUT2D eigenvalue weighted by molar-refractivity contribution is -0.138. The molecule has 57 heavy (non-hydrogen) atoms. The van der Waals surface area contributed by atoms with Crippen molar-refractivity contribution in [1.29, 1.82) is 0 Å². The smallest absolute Gasteiger partial charge is 0.243 e. The average Bonchev–Trinajstić information content (AvgIpc) is 3.13. The summed E-state index contributed by atoms with van der Waals surface area (Å²) >= 11 is 0. The van der Waals surface area contributed by atoms with E-state index in [0.717, 1.165) is 0 Å². The first kappa shape index (κ1) is 51.5. The number of nitrogens with zero attached hydrogens (tertiary/aromatic N) is 4. The third kappa shape index (κ3) is 25.3. The summed E-state index contributed by atoms with van der Waals surface area (Å²) in [7, 11) is 1.45. The fraction of sp³-hybridized carbons (Fsp3) is 0.719. The number of guanidine groups is 3. The zero-order chi connectivity index (χ0) is 43.3. The van der Waals surface area contributed by atoms with E-state index in [2.05, 4.69) is 41.6 Å². The molecule has 0 aromatic carbocycles. The van der Waals surface area contributed by atoms with E-state index in [-0.39, 0.29) is 115 Å². The van der Waals surface area contributed by atoms with Crippen molar-refractivity contribution in [2.24, 2.45) is 66.6 Å². The summed E-state index contributed by atoms with van der Waals surface area (Å²) in [4.78, 5) is 92.3. The Morgan fingerprint density at radius 2 is 1.02 bits per heavy atom. The minimum atomic E-state index is -1.28. The summed E-state index contributed by atoms with van der Waals surface area (Å²) in [5.74, 6) is -4.53. The van der Waals surface area contributed by atoms with Crippen LogP contribution in [0, 0.1) is 0 Å². The van der Waals surface area contributed by atoms with Crippen LogP contribution >= 0.6 is 0 Å². The number of nitrogens with two attached hydrogens (primary N) is 9. The molecule has 0 rings (SSSR count). The second-order valence-electron chi connectivity index (χ2n) is 12.8. The molecule has 0 saturated heterocycles. The Hall–Kier alpha value is -5.53. The second-order valence-corrected chi connectivity index (χ2v) is 12.8. The van der Waals surface area contributed by atoms with E-state index in [1.165, 1.54) is 12.0 Å². The molecule has 0 aliphatic rings. The SMILES string of the molecule is CCC(=O)N(CCOC)CC(=O)NC(CCCN=C(N)N)C(=O)NC(CCCN=C(N)N)C(=O)NC(CCCNC(N)N)C(=O)NC(CCCN=C(N)N)C(N)=O. The van der Waals surface area contributed by atoms with Crippen LogP contribution in [0.5, 0.6) is 0 Å². The summed E-state index contributed by atoms with van der Waals surface area (Å²) in [6, 6.07) is -4.84. The minimum Gasteiger partial charge on any atom is -0.383 e. The number of methoxy groups -OCH3 is 1. The predicted molar refractivity (Wildman–Crippen MR) is 215 cm³/mol. The van der Waals surface area contributed by atoms with Crippen LogP contribution in [0.15, 0.2) is 15.0 Å². The number of amides is 6.